The molecule has 0 saturated heterocycles. The summed E-state index contributed by atoms with van der Waals surface area (Å²) >= 11 is 0. The molecule has 2 aromatic rings. The first kappa shape index (κ1) is 18.0. The Morgan fingerprint density at radius 3 is 2.38 bits per heavy atom. The van der Waals surface area contributed by atoms with E-state index in [0.29, 0.717) is 6.54 Å². The van der Waals surface area contributed by atoms with Crippen molar-refractivity contribution < 1.29 is 19.4 Å². The maximum Gasteiger partial charge on any atom is 0.335 e. The van der Waals surface area contributed by atoms with Crippen molar-refractivity contribution in [2.75, 3.05) is 13.7 Å². The van der Waals surface area contributed by atoms with Gasteiger partial charge in [-0.2, -0.15) is 0 Å². The number of amides is 1. The molecule has 2 N–H and O–H groups in total. The lowest BCUT2D eigenvalue weighted by Gasteiger charge is -2.43. The average Bonchev–Trinajstić information content (AvgIpc) is 2.61. The van der Waals surface area contributed by atoms with Gasteiger partial charge in [0, 0.05) is 17.5 Å². The van der Waals surface area contributed by atoms with E-state index >= 15 is 0 Å². The highest BCUT2D eigenvalue weighted by Crippen LogP contribution is 2.46. The van der Waals surface area contributed by atoms with E-state index in [2.05, 4.69) is 11.4 Å². The van der Waals surface area contributed by atoms with E-state index in [1.807, 2.05) is 18.2 Å². The second kappa shape index (κ2) is 7.60. The van der Waals surface area contributed by atoms with Crippen LogP contribution in [0.25, 0.3) is 0 Å². The quantitative estimate of drug-likeness (QED) is 0.802. The van der Waals surface area contributed by atoms with Gasteiger partial charge in [0.05, 0.1) is 19.1 Å². The second-order valence-electron chi connectivity index (χ2n) is 6.79. The molecule has 0 spiro atoms. The van der Waals surface area contributed by atoms with Crippen LogP contribution in [0.4, 0.5) is 0 Å². The minimum atomic E-state index is -0.968. The molecule has 2 aromatic carbocycles. The van der Waals surface area contributed by atoms with Gasteiger partial charge in [0.25, 0.3) is 0 Å². The molecule has 1 fully saturated rings. The Balaban J connectivity index is 1.63. The molecule has 1 saturated carbocycles. The number of para-hydroxylation sites is 1. The van der Waals surface area contributed by atoms with Crippen LogP contribution < -0.4 is 10.1 Å². The third-order valence-corrected chi connectivity index (χ3v) is 5.18. The number of nitrogens with one attached hydrogen (secondary N) is 1. The zero-order chi connectivity index (χ0) is 18.6. The Morgan fingerprint density at radius 2 is 1.81 bits per heavy atom. The predicted molar refractivity (Wildman–Crippen MR) is 98.6 cm³/mol. The SMILES string of the molecule is COc1ccccc1C1(CNC(=O)Cc2ccc(C(=O)O)cc2)CCC1. The van der Waals surface area contributed by atoms with Gasteiger partial charge in [-0.15, -0.1) is 0 Å². The van der Waals surface area contributed by atoms with Crippen LogP contribution in [0.5, 0.6) is 5.75 Å². The van der Waals surface area contributed by atoms with E-state index < -0.39 is 5.97 Å². The third-order valence-electron chi connectivity index (χ3n) is 5.18. The third kappa shape index (κ3) is 3.72. The van der Waals surface area contributed by atoms with Crippen molar-refractivity contribution in [2.24, 2.45) is 0 Å². The molecule has 0 atom stereocenters. The fourth-order valence-electron chi connectivity index (χ4n) is 3.51. The van der Waals surface area contributed by atoms with Crippen molar-refractivity contribution in [3.05, 3.63) is 65.2 Å². The lowest BCUT2D eigenvalue weighted by atomic mass is 9.64. The maximum atomic E-state index is 12.3. The van der Waals surface area contributed by atoms with Crippen molar-refractivity contribution in [3.8, 4) is 5.75 Å². The van der Waals surface area contributed by atoms with Crippen molar-refractivity contribution in [3.63, 3.8) is 0 Å². The van der Waals surface area contributed by atoms with Crippen molar-refractivity contribution >= 4 is 11.9 Å². The molecular weight excluding hydrogens is 330 g/mol. The number of benzene rings is 2. The number of rotatable bonds is 7. The fraction of sp³-hybridized carbons (Fsp3) is 0.333. The Kier molecular flexibility index (Phi) is 5.26. The van der Waals surface area contributed by atoms with Gasteiger partial charge in [0.15, 0.2) is 0 Å². The number of carboxylic acids is 1. The molecule has 5 nitrogen and oxygen atoms in total. The highest BCUT2D eigenvalue weighted by atomic mass is 16.5. The van der Waals surface area contributed by atoms with Gasteiger partial charge < -0.3 is 15.2 Å². The van der Waals surface area contributed by atoms with Crippen LogP contribution in [0, 0.1) is 0 Å². The first-order chi connectivity index (χ1) is 12.5. The lowest BCUT2D eigenvalue weighted by Crippen LogP contribution is -2.46. The number of carboxylic acid groups (broad SMARTS) is 1. The fourth-order valence-corrected chi connectivity index (χ4v) is 3.51. The van der Waals surface area contributed by atoms with Crippen LogP contribution in [-0.2, 0) is 16.6 Å². The number of ether oxygens (including phenoxy) is 1. The summed E-state index contributed by atoms with van der Waals surface area (Å²) < 4.78 is 5.50. The van der Waals surface area contributed by atoms with E-state index in [-0.39, 0.29) is 23.3 Å². The molecule has 26 heavy (non-hydrogen) atoms. The molecule has 0 aromatic heterocycles. The first-order valence-corrected chi connectivity index (χ1v) is 8.76. The normalized spacial score (nSPS) is 15.0. The van der Waals surface area contributed by atoms with Crippen LogP contribution in [0.3, 0.4) is 0 Å². The number of carbonyl (C=O) groups excluding carboxylic acids is 1. The van der Waals surface area contributed by atoms with E-state index in [4.69, 9.17) is 9.84 Å². The summed E-state index contributed by atoms with van der Waals surface area (Å²) in [6.07, 6.45) is 3.44. The molecule has 1 aliphatic carbocycles. The Bertz CT molecular complexity index is 794. The Labute approximate surface area is 153 Å². The van der Waals surface area contributed by atoms with Gasteiger partial charge in [-0.1, -0.05) is 36.8 Å². The second-order valence-corrected chi connectivity index (χ2v) is 6.79. The largest absolute Gasteiger partial charge is 0.496 e. The van der Waals surface area contributed by atoms with E-state index in [1.165, 1.54) is 12.1 Å². The Hall–Kier alpha value is -2.82. The molecule has 0 bridgehead atoms. The molecule has 1 aliphatic rings. The standard InChI is InChI=1S/C21H23NO4/c1-26-18-6-3-2-5-17(18)21(11-4-12-21)14-22-19(23)13-15-7-9-16(10-8-15)20(24)25/h2-3,5-10H,4,11-14H2,1H3,(H,22,23)(H,24,25). The minimum absolute atomic E-state index is 0.0601. The minimum Gasteiger partial charge on any atom is -0.496 e. The average molecular weight is 353 g/mol. The molecule has 0 aliphatic heterocycles. The highest BCUT2D eigenvalue weighted by molar-refractivity contribution is 5.87. The van der Waals surface area contributed by atoms with E-state index in [9.17, 15) is 9.59 Å². The predicted octanol–water partition coefficient (Wildman–Crippen LogP) is 3.17. The van der Waals surface area contributed by atoms with Crippen LogP contribution in [0.15, 0.2) is 48.5 Å². The number of carbonyl (C=O) groups is 2. The molecule has 0 unspecified atom stereocenters. The van der Waals surface area contributed by atoms with Crippen LogP contribution in [-0.4, -0.2) is 30.6 Å². The number of aromatic carboxylic acids is 1. The summed E-state index contributed by atoms with van der Waals surface area (Å²) in [7, 11) is 1.67. The van der Waals surface area contributed by atoms with Crippen molar-refractivity contribution in [1.29, 1.82) is 0 Å². The summed E-state index contributed by atoms with van der Waals surface area (Å²) in [5, 5.41) is 12.0. The Morgan fingerprint density at radius 1 is 1.12 bits per heavy atom. The maximum absolute atomic E-state index is 12.3. The smallest absolute Gasteiger partial charge is 0.335 e. The summed E-state index contributed by atoms with van der Waals surface area (Å²) in [5.74, 6) is -0.162. The summed E-state index contributed by atoms with van der Waals surface area (Å²) in [6.45, 7) is 0.583. The zero-order valence-electron chi connectivity index (χ0n) is 14.8. The molecule has 0 radical (unpaired) electrons. The van der Waals surface area contributed by atoms with E-state index in [0.717, 1.165) is 36.1 Å². The van der Waals surface area contributed by atoms with Gasteiger partial charge in [0.1, 0.15) is 5.75 Å². The number of methoxy groups -OCH3 is 1. The molecule has 5 heteroatoms. The monoisotopic (exact) mass is 353 g/mol. The number of hydrogen-bond acceptors (Lipinski definition) is 3. The van der Waals surface area contributed by atoms with Gasteiger partial charge in [-0.05, 0) is 36.6 Å². The van der Waals surface area contributed by atoms with E-state index in [1.54, 1.807) is 19.2 Å². The molecular formula is C21H23NO4. The summed E-state index contributed by atoms with van der Waals surface area (Å²) in [6, 6.07) is 14.4. The van der Waals surface area contributed by atoms with Gasteiger partial charge in [-0.3, -0.25) is 4.79 Å². The molecule has 0 heterocycles. The van der Waals surface area contributed by atoms with Crippen LogP contribution in [0.1, 0.15) is 40.7 Å². The zero-order valence-corrected chi connectivity index (χ0v) is 14.8. The lowest BCUT2D eigenvalue weighted by molar-refractivity contribution is -0.120. The molecule has 1 amide bonds. The highest BCUT2D eigenvalue weighted by Gasteiger charge is 2.40. The van der Waals surface area contributed by atoms with Gasteiger partial charge >= 0.3 is 5.97 Å². The van der Waals surface area contributed by atoms with Crippen LogP contribution in [0.2, 0.25) is 0 Å². The number of hydrogen-bond donors (Lipinski definition) is 2. The van der Waals surface area contributed by atoms with Gasteiger partial charge in [0.2, 0.25) is 5.91 Å². The first-order valence-electron chi connectivity index (χ1n) is 8.76. The topological polar surface area (TPSA) is 75.6 Å². The van der Waals surface area contributed by atoms with Crippen LogP contribution >= 0.6 is 0 Å². The summed E-state index contributed by atoms with van der Waals surface area (Å²) in [5.41, 5.74) is 2.11. The molecule has 3 rings (SSSR count). The molecule has 136 valence electrons. The van der Waals surface area contributed by atoms with Gasteiger partial charge in [-0.25, -0.2) is 4.79 Å². The van der Waals surface area contributed by atoms with Crippen molar-refractivity contribution in [1.82, 2.24) is 5.32 Å². The summed E-state index contributed by atoms with van der Waals surface area (Å²) in [4.78, 5) is 23.2. The van der Waals surface area contributed by atoms with Crippen molar-refractivity contribution in [2.45, 2.75) is 31.1 Å².